The van der Waals surface area contributed by atoms with Crippen LogP contribution in [0.3, 0.4) is 0 Å². The number of aliphatic hydroxyl groups excluding tert-OH is 1. The first-order chi connectivity index (χ1) is 13.1. The van der Waals surface area contributed by atoms with E-state index in [9.17, 15) is 9.90 Å². The Morgan fingerprint density at radius 2 is 2.04 bits per heavy atom. The van der Waals surface area contributed by atoms with E-state index >= 15 is 0 Å². The molecule has 0 unspecified atom stereocenters. The van der Waals surface area contributed by atoms with Crippen molar-refractivity contribution in [3.63, 3.8) is 0 Å². The molecule has 0 saturated carbocycles. The third-order valence-electron chi connectivity index (χ3n) is 4.41. The van der Waals surface area contributed by atoms with Crippen LogP contribution in [0.4, 0.5) is 0 Å². The second-order valence-electron chi connectivity index (χ2n) is 6.41. The number of aliphatic hydroxyl groups is 1. The van der Waals surface area contributed by atoms with Gasteiger partial charge in [-0.15, -0.1) is 0 Å². The average Bonchev–Trinajstić information content (AvgIpc) is 3.22. The Labute approximate surface area is 154 Å². The molecule has 0 radical (unpaired) electrons. The Hall–Kier alpha value is -3.39. The van der Waals surface area contributed by atoms with E-state index in [0.29, 0.717) is 28.1 Å². The average molecular weight is 362 g/mol. The SMILES string of the molecule is Cc1ccc(-c2cc3c(=O)n([C@@H](C)CO)cnc3c(-n3ccnc3)n2)nc1. The molecule has 0 bridgehead atoms. The summed E-state index contributed by atoms with van der Waals surface area (Å²) < 4.78 is 3.14. The highest BCUT2D eigenvalue weighted by Gasteiger charge is 2.16. The van der Waals surface area contributed by atoms with Gasteiger partial charge in [-0.1, -0.05) is 6.07 Å². The van der Waals surface area contributed by atoms with E-state index in [1.807, 2.05) is 19.1 Å². The topological polar surface area (TPSA) is 98.7 Å². The highest BCUT2D eigenvalue weighted by atomic mass is 16.3. The number of aromatic nitrogens is 6. The van der Waals surface area contributed by atoms with Gasteiger partial charge in [-0.25, -0.2) is 15.0 Å². The molecule has 0 amide bonds. The lowest BCUT2D eigenvalue weighted by Crippen LogP contribution is -2.26. The van der Waals surface area contributed by atoms with Crippen molar-refractivity contribution in [3.05, 3.63) is 65.4 Å². The minimum atomic E-state index is -0.375. The van der Waals surface area contributed by atoms with Crippen LogP contribution in [0.2, 0.25) is 0 Å². The molecular formula is C19H18N6O2. The van der Waals surface area contributed by atoms with Gasteiger partial charge in [0.2, 0.25) is 0 Å². The molecule has 0 aromatic carbocycles. The molecule has 0 aliphatic rings. The summed E-state index contributed by atoms with van der Waals surface area (Å²) in [7, 11) is 0. The standard InChI is InChI=1S/C19H18N6O2/c1-12-3-4-15(21-8-12)16-7-14-17(18(23-16)24-6-5-20-10-24)22-11-25(19(14)27)13(2)9-26/h3-8,10-11,13,26H,9H2,1-2H3/t13-/m0/s1. The van der Waals surface area contributed by atoms with Gasteiger partial charge in [-0.3, -0.25) is 18.9 Å². The van der Waals surface area contributed by atoms with Crippen molar-refractivity contribution in [2.75, 3.05) is 6.61 Å². The minimum Gasteiger partial charge on any atom is -0.394 e. The van der Waals surface area contributed by atoms with Crippen molar-refractivity contribution in [2.45, 2.75) is 19.9 Å². The molecule has 8 nitrogen and oxygen atoms in total. The molecule has 0 fully saturated rings. The third kappa shape index (κ3) is 3.00. The summed E-state index contributed by atoms with van der Waals surface area (Å²) in [6, 6.07) is 5.14. The number of rotatable bonds is 4. The summed E-state index contributed by atoms with van der Waals surface area (Å²) >= 11 is 0. The molecule has 1 atom stereocenters. The van der Waals surface area contributed by atoms with Crippen LogP contribution in [-0.4, -0.2) is 40.8 Å². The van der Waals surface area contributed by atoms with E-state index in [0.717, 1.165) is 5.56 Å². The van der Waals surface area contributed by atoms with Crippen molar-refractivity contribution in [3.8, 4) is 17.2 Å². The second-order valence-corrected chi connectivity index (χ2v) is 6.41. The lowest BCUT2D eigenvalue weighted by molar-refractivity contribution is 0.236. The van der Waals surface area contributed by atoms with E-state index in [2.05, 4.69) is 19.9 Å². The lowest BCUT2D eigenvalue weighted by atomic mass is 10.1. The fourth-order valence-corrected chi connectivity index (χ4v) is 2.84. The Morgan fingerprint density at radius 1 is 1.19 bits per heavy atom. The van der Waals surface area contributed by atoms with E-state index in [-0.39, 0.29) is 18.2 Å². The summed E-state index contributed by atoms with van der Waals surface area (Å²) in [5.74, 6) is 0.503. The Kier molecular flexibility index (Phi) is 4.25. The van der Waals surface area contributed by atoms with E-state index in [4.69, 9.17) is 0 Å². The van der Waals surface area contributed by atoms with Gasteiger partial charge in [0.1, 0.15) is 11.8 Å². The van der Waals surface area contributed by atoms with Crippen LogP contribution in [0.25, 0.3) is 28.1 Å². The fraction of sp³-hybridized carbons (Fsp3) is 0.211. The summed E-state index contributed by atoms with van der Waals surface area (Å²) in [6.45, 7) is 3.56. The summed E-state index contributed by atoms with van der Waals surface area (Å²) in [5.41, 5.74) is 2.50. The zero-order chi connectivity index (χ0) is 19.0. The van der Waals surface area contributed by atoms with Crippen molar-refractivity contribution < 1.29 is 5.11 Å². The van der Waals surface area contributed by atoms with Crippen LogP contribution in [0, 0.1) is 6.92 Å². The normalized spacial score (nSPS) is 12.4. The van der Waals surface area contributed by atoms with E-state index < -0.39 is 0 Å². The smallest absolute Gasteiger partial charge is 0.261 e. The first kappa shape index (κ1) is 17.0. The molecule has 27 heavy (non-hydrogen) atoms. The maximum atomic E-state index is 13.0. The van der Waals surface area contributed by atoms with Crippen molar-refractivity contribution >= 4 is 10.9 Å². The van der Waals surface area contributed by atoms with Crippen molar-refractivity contribution in [1.82, 2.24) is 29.1 Å². The maximum Gasteiger partial charge on any atom is 0.261 e. The molecule has 8 heteroatoms. The van der Waals surface area contributed by atoms with Gasteiger partial charge in [0.15, 0.2) is 5.82 Å². The zero-order valence-electron chi connectivity index (χ0n) is 14.9. The molecule has 0 aliphatic heterocycles. The molecule has 4 aromatic rings. The van der Waals surface area contributed by atoms with Crippen molar-refractivity contribution in [2.24, 2.45) is 0 Å². The molecule has 0 spiro atoms. The highest BCUT2D eigenvalue weighted by molar-refractivity contribution is 5.87. The highest BCUT2D eigenvalue weighted by Crippen LogP contribution is 2.23. The number of imidazole rings is 1. The second kappa shape index (κ2) is 6.73. The predicted molar refractivity (Wildman–Crippen MR) is 101 cm³/mol. The van der Waals surface area contributed by atoms with Gasteiger partial charge in [0, 0.05) is 18.6 Å². The largest absolute Gasteiger partial charge is 0.394 e. The summed E-state index contributed by atoms with van der Waals surface area (Å²) in [5, 5.41) is 9.84. The first-order valence-corrected chi connectivity index (χ1v) is 8.52. The molecule has 1 N–H and O–H groups in total. The number of pyridine rings is 2. The maximum absolute atomic E-state index is 13.0. The molecule has 0 saturated heterocycles. The minimum absolute atomic E-state index is 0.154. The molecular weight excluding hydrogens is 344 g/mol. The van der Waals surface area contributed by atoms with Crippen LogP contribution in [-0.2, 0) is 0 Å². The molecule has 4 heterocycles. The third-order valence-corrected chi connectivity index (χ3v) is 4.41. The van der Waals surface area contributed by atoms with Crippen molar-refractivity contribution in [1.29, 1.82) is 0 Å². The first-order valence-electron chi connectivity index (χ1n) is 8.52. The van der Waals surface area contributed by atoms with Gasteiger partial charge in [-0.05, 0) is 31.5 Å². The number of hydrogen-bond acceptors (Lipinski definition) is 6. The predicted octanol–water partition coefficient (Wildman–Crippen LogP) is 1.90. The van der Waals surface area contributed by atoms with Crippen LogP contribution in [0.1, 0.15) is 18.5 Å². The molecule has 0 aliphatic carbocycles. The Balaban J connectivity index is 2.04. The Morgan fingerprint density at radius 3 is 2.70 bits per heavy atom. The lowest BCUT2D eigenvalue weighted by Gasteiger charge is -2.14. The monoisotopic (exact) mass is 362 g/mol. The Bertz CT molecular complexity index is 1150. The molecule has 136 valence electrons. The van der Waals surface area contributed by atoms with E-state index in [1.165, 1.54) is 10.9 Å². The molecule has 4 aromatic heterocycles. The fourth-order valence-electron chi connectivity index (χ4n) is 2.84. The quantitative estimate of drug-likeness (QED) is 0.595. The van der Waals surface area contributed by atoms with Gasteiger partial charge in [-0.2, -0.15) is 0 Å². The summed E-state index contributed by atoms with van der Waals surface area (Å²) in [4.78, 5) is 30.6. The number of aryl methyl sites for hydroxylation is 1. The van der Waals surface area contributed by atoms with Crippen LogP contribution in [0.15, 0.2) is 54.2 Å². The van der Waals surface area contributed by atoms with Gasteiger partial charge >= 0.3 is 0 Å². The number of nitrogens with zero attached hydrogens (tertiary/aromatic N) is 6. The van der Waals surface area contributed by atoms with Crippen LogP contribution >= 0.6 is 0 Å². The van der Waals surface area contributed by atoms with Crippen LogP contribution in [0.5, 0.6) is 0 Å². The molecule has 4 rings (SSSR count). The van der Waals surface area contributed by atoms with Gasteiger partial charge in [0.05, 0.1) is 35.8 Å². The number of fused-ring (bicyclic) bond motifs is 1. The zero-order valence-corrected chi connectivity index (χ0v) is 14.9. The van der Waals surface area contributed by atoms with E-state index in [1.54, 1.807) is 42.5 Å². The summed E-state index contributed by atoms with van der Waals surface area (Å²) in [6.07, 6.45) is 8.19. The number of hydrogen-bond donors (Lipinski definition) is 1. The van der Waals surface area contributed by atoms with Gasteiger partial charge in [0.25, 0.3) is 5.56 Å². The van der Waals surface area contributed by atoms with Crippen LogP contribution < -0.4 is 5.56 Å². The van der Waals surface area contributed by atoms with Gasteiger partial charge < -0.3 is 5.11 Å².